The van der Waals surface area contributed by atoms with Crippen LogP contribution in [-0.4, -0.2) is 34.1 Å². The lowest BCUT2D eigenvalue weighted by Crippen LogP contribution is -2.37. The lowest BCUT2D eigenvalue weighted by Gasteiger charge is -2.25. The number of hydrogen-bond acceptors (Lipinski definition) is 2. The van der Waals surface area contributed by atoms with Gasteiger partial charge < -0.3 is 9.16 Å². The highest BCUT2D eigenvalue weighted by atomic mass is 79.9. The van der Waals surface area contributed by atoms with Crippen molar-refractivity contribution in [1.82, 2.24) is 0 Å². The van der Waals surface area contributed by atoms with Gasteiger partial charge >= 0.3 is 0 Å². The van der Waals surface area contributed by atoms with Gasteiger partial charge in [0.2, 0.25) is 0 Å². The van der Waals surface area contributed by atoms with Crippen molar-refractivity contribution in [3.8, 4) is 11.5 Å². The normalized spacial score (nSPS) is 13.5. The first-order chi connectivity index (χ1) is 12.2. The summed E-state index contributed by atoms with van der Waals surface area (Å²) in [7, 11) is -3.01. The molecule has 0 bridgehead atoms. The molecule has 1 aromatic carbocycles. The Balaban J connectivity index is 2.46. The van der Waals surface area contributed by atoms with Crippen molar-refractivity contribution < 1.29 is 9.16 Å². The number of hydrogen-bond donors (Lipinski definition) is 0. The largest absolute Gasteiger partial charge is 0.409 e. The Morgan fingerprint density at radius 2 is 1.81 bits per heavy atom. The van der Waals surface area contributed by atoms with Gasteiger partial charge in [0.05, 0.1) is 19.3 Å². The maximum Gasteiger partial charge on any atom is 0.197 e. The molecule has 1 rings (SSSR count). The van der Waals surface area contributed by atoms with Crippen LogP contribution in [0.25, 0.3) is 0 Å². The molecule has 0 saturated carbocycles. The van der Waals surface area contributed by atoms with Crippen molar-refractivity contribution in [3.63, 3.8) is 0 Å². The Kier molecular flexibility index (Phi) is 10.7. The second-order valence-electron chi connectivity index (χ2n) is 8.06. The molecule has 0 N–H and O–H groups in total. The summed E-state index contributed by atoms with van der Waals surface area (Å²) in [6, 6.07) is 10.3. The van der Waals surface area contributed by atoms with Gasteiger partial charge in [0.1, 0.15) is 8.07 Å². The third-order valence-electron chi connectivity index (χ3n) is 3.45. The summed E-state index contributed by atoms with van der Waals surface area (Å²) in [6.45, 7) is 12.7. The smallest absolute Gasteiger partial charge is 0.197 e. The van der Waals surface area contributed by atoms with Crippen molar-refractivity contribution in [3.05, 3.63) is 48.0 Å². The number of ether oxygens (including phenoxy) is 1. The summed E-state index contributed by atoms with van der Waals surface area (Å²) < 4.78 is 12.1. The Hall–Kier alpha value is -0.646. The number of alkyl halides is 1. The summed E-state index contributed by atoms with van der Waals surface area (Å²) >= 11 is 3.59. The molecule has 0 aliphatic carbocycles. The number of rotatable bonds is 10. The Morgan fingerprint density at radius 3 is 2.42 bits per heavy atom. The van der Waals surface area contributed by atoms with E-state index in [0.29, 0.717) is 6.61 Å². The van der Waals surface area contributed by atoms with Crippen molar-refractivity contribution in [2.45, 2.75) is 58.3 Å². The van der Waals surface area contributed by atoms with Gasteiger partial charge in [0, 0.05) is 11.4 Å². The van der Waals surface area contributed by atoms with Crippen molar-refractivity contribution in [2.75, 3.05) is 11.6 Å². The average Bonchev–Trinajstić information content (AvgIpc) is 2.57. The molecule has 0 aliphatic rings. The molecule has 26 heavy (non-hydrogen) atoms. The molecule has 1 atom stereocenters. The van der Waals surface area contributed by atoms with E-state index in [2.05, 4.69) is 84.4 Å². The molecule has 0 fully saturated rings. The van der Waals surface area contributed by atoms with Gasteiger partial charge in [-0.1, -0.05) is 78.1 Å². The highest BCUT2D eigenvalue weighted by Gasteiger charge is 2.24. The topological polar surface area (TPSA) is 18.5 Å². The minimum atomic E-state index is -1.68. The van der Waals surface area contributed by atoms with Gasteiger partial charge in [0.25, 0.3) is 0 Å². The fourth-order valence-corrected chi connectivity index (χ4v) is 4.24. The van der Waals surface area contributed by atoms with E-state index in [4.69, 9.17) is 9.16 Å². The molecule has 1 aromatic rings. The first-order valence-electron chi connectivity index (χ1n) is 9.24. The predicted octanol–water partition coefficient (Wildman–Crippen LogP) is 5.94. The van der Waals surface area contributed by atoms with Crippen LogP contribution in [-0.2, 0) is 15.8 Å². The standard InChI is InChI=1S/C21H33BrO2Si2/c1-25(2,3)17-11-15-21(24-26(4,5)19-22)14-9-10-16-23-18-20-12-7-6-8-13-20/h6-9,12-14,21H,10,15-16,18-19H2,1-5H3/b14-9+/t21-/m0/s1. The van der Waals surface area contributed by atoms with Crippen molar-refractivity contribution >= 4 is 32.3 Å². The molecule has 0 aliphatic heterocycles. The van der Waals surface area contributed by atoms with Crippen LogP contribution in [0.2, 0.25) is 32.7 Å². The Labute approximate surface area is 170 Å². The SMILES string of the molecule is C[Si](C)(C)C#CC[C@H](/C=C/CCOCc1ccccc1)O[Si](C)(C)CBr. The van der Waals surface area contributed by atoms with Crippen LogP contribution in [0.15, 0.2) is 42.5 Å². The summed E-state index contributed by atoms with van der Waals surface area (Å²) in [4.78, 5) is 0.936. The summed E-state index contributed by atoms with van der Waals surface area (Å²) in [5, 5.41) is 0. The van der Waals surface area contributed by atoms with Crippen LogP contribution >= 0.6 is 15.9 Å². The molecule has 144 valence electrons. The van der Waals surface area contributed by atoms with Gasteiger partial charge in [-0.05, 0) is 25.1 Å². The van der Waals surface area contributed by atoms with Crippen LogP contribution in [0, 0.1) is 11.5 Å². The van der Waals surface area contributed by atoms with E-state index in [9.17, 15) is 0 Å². The van der Waals surface area contributed by atoms with E-state index in [1.165, 1.54) is 5.56 Å². The molecular weight excluding hydrogens is 420 g/mol. The van der Waals surface area contributed by atoms with E-state index < -0.39 is 16.4 Å². The quantitative estimate of drug-likeness (QED) is 0.143. The van der Waals surface area contributed by atoms with Crippen LogP contribution < -0.4 is 0 Å². The van der Waals surface area contributed by atoms with Crippen molar-refractivity contribution in [2.24, 2.45) is 0 Å². The van der Waals surface area contributed by atoms with E-state index >= 15 is 0 Å². The molecule has 0 aromatic heterocycles. The first kappa shape index (κ1) is 23.4. The summed E-state index contributed by atoms with van der Waals surface area (Å²) in [5.41, 5.74) is 4.65. The second kappa shape index (κ2) is 11.9. The first-order valence-corrected chi connectivity index (χ1v) is 17.0. The molecule has 0 heterocycles. The highest BCUT2D eigenvalue weighted by molar-refractivity contribution is 9.09. The van der Waals surface area contributed by atoms with Gasteiger partial charge in [0.15, 0.2) is 8.32 Å². The minimum absolute atomic E-state index is 0.0761. The zero-order valence-electron chi connectivity index (χ0n) is 16.8. The number of halogens is 1. The van der Waals surface area contributed by atoms with Gasteiger partial charge in [-0.3, -0.25) is 0 Å². The summed E-state index contributed by atoms with van der Waals surface area (Å²) in [5.74, 6) is 3.36. The van der Waals surface area contributed by atoms with Gasteiger partial charge in [-0.2, -0.15) is 0 Å². The minimum Gasteiger partial charge on any atom is -0.409 e. The Bertz CT molecular complexity index is 598. The molecule has 0 unspecified atom stereocenters. The molecular formula is C21H33BrO2Si2. The maximum absolute atomic E-state index is 6.36. The molecule has 0 spiro atoms. The fraction of sp³-hybridized carbons (Fsp3) is 0.524. The maximum atomic E-state index is 6.36. The highest BCUT2D eigenvalue weighted by Crippen LogP contribution is 2.14. The lowest BCUT2D eigenvalue weighted by atomic mass is 10.2. The predicted molar refractivity (Wildman–Crippen MR) is 122 cm³/mol. The third kappa shape index (κ3) is 11.9. The monoisotopic (exact) mass is 452 g/mol. The van der Waals surface area contributed by atoms with Crippen LogP contribution in [0.5, 0.6) is 0 Å². The van der Waals surface area contributed by atoms with E-state index in [0.717, 1.165) is 24.4 Å². The van der Waals surface area contributed by atoms with Crippen LogP contribution in [0.3, 0.4) is 0 Å². The van der Waals surface area contributed by atoms with Gasteiger partial charge in [-0.15, -0.1) is 11.5 Å². The van der Waals surface area contributed by atoms with Crippen LogP contribution in [0.4, 0.5) is 0 Å². The fourth-order valence-electron chi connectivity index (χ4n) is 2.17. The summed E-state index contributed by atoms with van der Waals surface area (Å²) in [6.07, 6.45) is 6.08. The van der Waals surface area contributed by atoms with E-state index in [1.807, 2.05) is 18.2 Å². The molecule has 0 saturated heterocycles. The van der Waals surface area contributed by atoms with E-state index in [-0.39, 0.29) is 6.10 Å². The average molecular weight is 454 g/mol. The molecule has 0 radical (unpaired) electrons. The molecule has 5 heteroatoms. The Morgan fingerprint density at radius 1 is 1.12 bits per heavy atom. The third-order valence-corrected chi connectivity index (χ3v) is 10.0. The van der Waals surface area contributed by atoms with Crippen molar-refractivity contribution in [1.29, 1.82) is 0 Å². The molecule has 2 nitrogen and oxygen atoms in total. The molecule has 0 amide bonds. The zero-order chi connectivity index (χ0) is 19.5. The zero-order valence-corrected chi connectivity index (χ0v) is 20.4. The van der Waals surface area contributed by atoms with Crippen LogP contribution in [0.1, 0.15) is 18.4 Å². The van der Waals surface area contributed by atoms with E-state index in [1.54, 1.807) is 0 Å². The van der Waals surface area contributed by atoms with Gasteiger partial charge in [-0.25, -0.2) is 0 Å². The number of benzene rings is 1. The second-order valence-corrected chi connectivity index (χ2v) is 18.5. The lowest BCUT2D eigenvalue weighted by molar-refractivity contribution is 0.125.